The summed E-state index contributed by atoms with van der Waals surface area (Å²) >= 11 is 1.71. The van der Waals surface area contributed by atoms with Crippen molar-refractivity contribution >= 4 is 27.5 Å². The van der Waals surface area contributed by atoms with E-state index in [4.69, 9.17) is 0 Å². The number of benzene rings is 1. The van der Waals surface area contributed by atoms with Crippen LogP contribution in [0.4, 0.5) is 0 Å². The fraction of sp³-hybridized carbons (Fsp3) is 0.350. The van der Waals surface area contributed by atoms with E-state index in [-0.39, 0.29) is 5.91 Å². The Labute approximate surface area is 146 Å². The SMILES string of the molecule is Cc1cccc(Cn2c(C(=O)N3CCCCC3)cc3ccsc32)c1. The number of hydrogen-bond donors (Lipinski definition) is 0. The summed E-state index contributed by atoms with van der Waals surface area (Å²) in [7, 11) is 0. The number of amides is 1. The van der Waals surface area contributed by atoms with Crippen molar-refractivity contribution in [3.05, 3.63) is 58.6 Å². The van der Waals surface area contributed by atoms with Crippen LogP contribution in [0.5, 0.6) is 0 Å². The van der Waals surface area contributed by atoms with Gasteiger partial charge in [-0.1, -0.05) is 29.8 Å². The van der Waals surface area contributed by atoms with Crippen LogP contribution in [0.25, 0.3) is 10.2 Å². The van der Waals surface area contributed by atoms with Gasteiger partial charge < -0.3 is 9.47 Å². The minimum Gasteiger partial charge on any atom is -0.337 e. The molecule has 1 amide bonds. The molecule has 1 saturated heterocycles. The smallest absolute Gasteiger partial charge is 0.270 e. The molecule has 0 bridgehead atoms. The van der Waals surface area contributed by atoms with Crippen LogP contribution in [0.3, 0.4) is 0 Å². The van der Waals surface area contributed by atoms with E-state index in [0.29, 0.717) is 0 Å². The van der Waals surface area contributed by atoms with Crippen LogP contribution in [0.1, 0.15) is 40.9 Å². The van der Waals surface area contributed by atoms with Gasteiger partial charge in [0.25, 0.3) is 5.91 Å². The van der Waals surface area contributed by atoms with Crippen LogP contribution >= 0.6 is 11.3 Å². The van der Waals surface area contributed by atoms with Gasteiger partial charge in [0.1, 0.15) is 10.5 Å². The third kappa shape index (κ3) is 2.86. The molecule has 24 heavy (non-hydrogen) atoms. The zero-order valence-electron chi connectivity index (χ0n) is 14.0. The van der Waals surface area contributed by atoms with E-state index in [2.05, 4.69) is 53.3 Å². The zero-order chi connectivity index (χ0) is 16.5. The van der Waals surface area contributed by atoms with Gasteiger partial charge in [0.15, 0.2) is 0 Å². The normalized spacial score (nSPS) is 15.1. The summed E-state index contributed by atoms with van der Waals surface area (Å²) in [6.45, 7) is 4.64. The molecule has 0 saturated carbocycles. The number of likely N-dealkylation sites (tertiary alicyclic amines) is 1. The third-order valence-electron chi connectivity index (χ3n) is 4.79. The van der Waals surface area contributed by atoms with E-state index in [9.17, 15) is 4.79 Å². The fourth-order valence-corrected chi connectivity index (χ4v) is 4.46. The number of carbonyl (C=O) groups is 1. The molecule has 0 unspecified atom stereocenters. The van der Waals surface area contributed by atoms with Gasteiger partial charge in [-0.3, -0.25) is 4.79 Å². The monoisotopic (exact) mass is 338 g/mol. The minimum absolute atomic E-state index is 0.186. The second-order valence-electron chi connectivity index (χ2n) is 6.64. The third-order valence-corrected chi connectivity index (χ3v) is 5.74. The van der Waals surface area contributed by atoms with Crippen molar-refractivity contribution in [3.8, 4) is 0 Å². The number of rotatable bonds is 3. The van der Waals surface area contributed by atoms with Gasteiger partial charge in [-0.25, -0.2) is 0 Å². The Bertz CT molecular complexity index is 871. The molecule has 0 atom stereocenters. The van der Waals surface area contributed by atoms with Crippen molar-refractivity contribution in [2.45, 2.75) is 32.7 Å². The van der Waals surface area contributed by atoms with Crippen molar-refractivity contribution in [2.24, 2.45) is 0 Å². The van der Waals surface area contributed by atoms with Gasteiger partial charge >= 0.3 is 0 Å². The second kappa shape index (κ2) is 6.44. The summed E-state index contributed by atoms with van der Waals surface area (Å²) in [5.74, 6) is 0.186. The molecule has 4 heteroatoms. The van der Waals surface area contributed by atoms with Gasteiger partial charge in [0.2, 0.25) is 0 Å². The topological polar surface area (TPSA) is 25.2 Å². The molecule has 1 fully saturated rings. The van der Waals surface area contributed by atoms with Gasteiger partial charge in [-0.15, -0.1) is 11.3 Å². The van der Waals surface area contributed by atoms with E-state index >= 15 is 0 Å². The minimum atomic E-state index is 0.186. The Balaban J connectivity index is 1.72. The molecule has 0 spiro atoms. The molecule has 3 heterocycles. The van der Waals surface area contributed by atoms with Crippen LogP contribution in [0, 0.1) is 6.92 Å². The molecule has 3 nitrogen and oxygen atoms in total. The molecule has 2 aromatic heterocycles. The van der Waals surface area contributed by atoms with E-state index in [1.165, 1.54) is 27.8 Å². The molecule has 1 aliphatic rings. The number of fused-ring (bicyclic) bond motifs is 1. The molecule has 0 radical (unpaired) electrons. The summed E-state index contributed by atoms with van der Waals surface area (Å²) in [6.07, 6.45) is 3.49. The lowest BCUT2D eigenvalue weighted by Crippen LogP contribution is -2.36. The standard InChI is InChI=1S/C20H22N2OS/c1-15-6-5-7-16(12-15)14-22-18(13-17-8-11-24-20(17)22)19(23)21-9-3-2-4-10-21/h5-8,11-13H,2-4,9-10,14H2,1H3. The first-order valence-corrected chi connectivity index (χ1v) is 9.52. The van der Waals surface area contributed by atoms with E-state index in [1.54, 1.807) is 11.3 Å². The maximum atomic E-state index is 13.1. The summed E-state index contributed by atoms with van der Waals surface area (Å²) in [5.41, 5.74) is 3.33. The molecular formula is C20H22N2OS. The molecule has 4 rings (SSSR count). The van der Waals surface area contributed by atoms with Gasteiger partial charge in [0, 0.05) is 25.0 Å². The Hall–Kier alpha value is -2.07. The lowest BCUT2D eigenvalue weighted by molar-refractivity contribution is 0.0714. The summed E-state index contributed by atoms with van der Waals surface area (Å²) in [4.78, 5) is 16.3. The molecule has 1 aromatic carbocycles. The largest absolute Gasteiger partial charge is 0.337 e. The molecule has 3 aromatic rings. The van der Waals surface area contributed by atoms with Crippen molar-refractivity contribution in [1.82, 2.24) is 9.47 Å². The number of aromatic nitrogens is 1. The molecule has 0 aliphatic carbocycles. The second-order valence-corrected chi connectivity index (χ2v) is 7.53. The van der Waals surface area contributed by atoms with E-state index < -0.39 is 0 Å². The predicted molar refractivity (Wildman–Crippen MR) is 99.9 cm³/mol. The van der Waals surface area contributed by atoms with Crippen LogP contribution in [0.15, 0.2) is 41.8 Å². The van der Waals surface area contributed by atoms with Gasteiger partial charge in [-0.2, -0.15) is 0 Å². The van der Waals surface area contributed by atoms with Crippen molar-refractivity contribution in [3.63, 3.8) is 0 Å². The number of aryl methyl sites for hydroxylation is 1. The molecule has 124 valence electrons. The highest BCUT2D eigenvalue weighted by atomic mass is 32.1. The molecular weight excluding hydrogens is 316 g/mol. The van der Waals surface area contributed by atoms with Gasteiger partial charge in [0.05, 0.1) is 0 Å². The summed E-state index contributed by atoms with van der Waals surface area (Å²) < 4.78 is 2.20. The lowest BCUT2D eigenvalue weighted by Gasteiger charge is -2.27. The Morgan fingerprint density at radius 3 is 2.75 bits per heavy atom. The quantitative estimate of drug-likeness (QED) is 0.680. The zero-order valence-corrected chi connectivity index (χ0v) is 14.8. The van der Waals surface area contributed by atoms with E-state index in [0.717, 1.165) is 38.2 Å². The van der Waals surface area contributed by atoms with Crippen LogP contribution < -0.4 is 0 Å². The Morgan fingerprint density at radius 1 is 1.12 bits per heavy atom. The predicted octanol–water partition coefficient (Wildman–Crippen LogP) is 4.69. The van der Waals surface area contributed by atoms with Crippen LogP contribution in [0.2, 0.25) is 0 Å². The Kier molecular flexibility index (Phi) is 4.15. The van der Waals surface area contributed by atoms with Gasteiger partial charge in [-0.05, 0) is 49.3 Å². The van der Waals surface area contributed by atoms with Crippen molar-refractivity contribution < 1.29 is 4.79 Å². The highest BCUT2D eigenvalue weighted by Gasteiger charge is 2.23. The average molecular weight is 338 g/mol. The van der Waals surface area contributed by atoms with Crippen molar-refractivity contribution in [2.75, 3.05) is 13.1 Å². The molecule has 0 N–H and O–H groups in total. The first-order valence-electron chi connectivity index (χ1n) is 8.64. The number of piperidine rings is 1. The van der Waals surface area contributed by atoms with Crippen molar-refractivity contribution in [1.29, 1.82) is 0 Å². The van der Waals surface area contributed by atoms with Crippen LogP contribution in [-0.2, 0) is 6.54 Å². The first-order chi connectivity index (χ1) is 11.7. The number of nitrogens with zero attached hydrogens (tertiary/aromatic N) is 2. The number of carbonyl (C=O) groups excluding carboxylic acids is 1. The van der Waals surface area contributed by atoms with E-state index in [1.807, 2.05) is 4.90 Å². The fourth-order valence-electron chi connectivity index (χ4n) is 3.56. The number of thiophene rings is 1. The first kappa shape index (κ1) is 15.5. The molecule has 1 aliphatic heterocycles. The average Bonchev–Trinajstić information content (AvgIpc) is 3.18. The highest BCUT2D eigenvalue weighted by Crippen LogP contribution is 2.28. The summed E-state index contributed by atoms with van der Waals surface area (Å²) in [5, 5.41) is 3.28. The Morgan fingerprint density at radius 2 is 1.96 bits per heavy atom. The maximum absolute atomic E-state index is 13.1. The number of hydrogen-bond acceptors (Lipinski definition) is 2. The lowest BCUT2D eigenvalue weighted by atomic mass is 10.1. The maximum Gasteiger partial charge on any atom is 0.270 e. The highest BCUT2D eigenvalue weighted by molar-refractivity contribution is 7.16. The summed E-state index contributed by atoms with van der Waals surface area (Å²) in [6, 6.07) is 12.7. The van der Waals surface area contributed by atoms with Crippen LogP contribution in [-0.4, -0.2) is 28.5 Å².